The number of carbonyl (C=O) groups is 1. The van der Waals surface area contributed by atoms with E-state index in [4.69, 9.17) is 4.74 Å². The minimum Gasteiger partial charge on any atom is -0.461 e. The van der Waals surface area contributed by atoms with Crippen LogP contribution in [0.25, 0.3) is 5.65 Å². The topological polar surface area (TPSA) is 76.5 Å². The van der Waals surface area contributed by atoms with E-state index in [1.807, 2.05) is 0 Å². The van der Waals surface area contributed by atoms with Gasteiger partial charge < -0.3 is 9.72 Å². The molecule has 0 saturated carbocycles. The van der Waals surface area contributed by atoms with E-state index in [9.17, 15) is 9.59 Å². The van der Waals surface area contributed by atoms with Crippen molar-refractivity contribution in [3.8, 4) is 0 Å². The molecule has 0 aliphatic rings. The van der Waals surface area contributed by atoms with Crippen molar-refractivity contribution in [2.45, 2.75) is 6.92 Å². The van der Waals surface area contributed by atoms with Gasteiger partial charge in [0.2, 0.25) is 0 Å². The Bertz CT molecular complexity index is 555. The van der Waals surface area contributed by atoms with Crippen molar-refractivity contribution < 1.29 is 9.53 Å². The van der Waals surface area contributed by atoms with Gasteiger partial charge in [-0.25, -0.2) is 4.79 Å². The van der Waals surface area contributed by atoms with E-state index in [2.05, 4.69) is 10.1 Å². The smallest absolute Gasteiger partial charge is 0.354 e. The van der Waals surface area contributed by atoms with E-state index in [-0.39, 0.29) is 17.9 Å². The fraction of sp³-hybridized carbons (Fsp3) is 0.222. The highest BCUT2D eigenvalue weighted by molar-refractivity contribution is 5.87. The molecule has 0 aliphatic heterocycles. The zero-order chi connectivity index (χ0) is 10.8. The summed E-state index contributed by atoms with van der Waals surface area (Å²) in [5.41, 5.74) is 0.234. The summed E-state index contributed by atoms with van der Waals surface area (Å²) in [6.07, 6.45) is 1.47. The number of nitrogens with one attached hydrogen (secondary N) is 1. The molecule has 0 fully saturated rings. The Morgan fingerprint density at radius 2 is 2.47 bits per heavy atom. The zero-order valence-corrected chi connectivity index (χ0v) is 8.06. The number of aromatic amines is 1. The van der Waals surface area contributed by atoms with E-state index in [1.54, 1.807) is 13.0 Å². The number of esters is 1. The molecule has 0 spiro atoms. The lowest BCUT2D eigenvalue weighted by molar-refractivity contribution is 0.0519. The standard InChI is InChI=1S/C9H9N3O3/c1-2-15-9(14)6-5-8(13)12-7(11-6)3-4-10-12/h3-5,11H,2H2,1H3. The Morgan fingerprint density at radius 3 is 3.20 bits per heavy atom. The van der Waals surface area contributed by atoms with Crippen LogP contribution in [0.1, 0.15) is 17.4 Å². The maximum Gasteiger partial charge on any atom is 0.354 e. The molecule has 0 saturated heterocycles. The molecule has 15 heavy (non-hydrogen) atoms. The summed E-state index contributed by atoms with van der Waals surface area (Å²) < 4.78 is 5.94. The molecule has 78 valence electrons. The normalized spacial score (nSPS) is 10.5. The quantitative estimate of drug-likeness (QED) is 0.713. The van der Waals surface area contributed by atoms with Crippen LogP contribution in [0.3, 0.4) is 0 Å². The molecule has 6 heteroatoms. The molecule has 2 aromatic heterocycles. The van der Waals surface area contributed by atoms with E-state index < -0.39 is 5.97 Å². The van der Waals surface area contributed by atoms with Crippen LogP contribution >= 0.6 is 0 Å². The second-order valence-electron chi connectivity index (χ2n) is 2.87. The number of rotatable bonds is 2. The van der Waals surface area contributed by atoms with E-state index in [0.717, 1.165) is 6.07 Å². The molecule has 0 amide bonds. The number of fused-ring (bicyclic) bond motifs is 1. The highest BCUT2D eigenvalue weighted by Gasteiger charge is 2.10. The second-order valence-corrected chi connectivity index (χ2v) is 2.87. The van der Waals surface area contributed by atoms with Gasteiger partial charge in [-0.3, -0.25) is 4.79 Å². The summed E-state index contributed by atoms with van der Waals surface area (Å²) in [7, 11) is 0. The van der Waals surface area contributed by atoms with Gasteiger partial charge in [-0.15, -0.1) is 0 Å². The molecule has 0 aliphatic carbocycles. The predicted octanol–water partition coefficient (Wildman–Crippen LogP) is 0.199. The van der Waals surface area contributed by atoms with Gasteiger partial charge in [-0.2, -0.15) is 9.61 Å². The molecule has 0 unspecified atom stereocenters. The summed E-state index contributed by atoms with van der Waals surface area (Å²) in [5, 5.41) is 3.79. The average molecular weight is 207 g/mol. The summed E-state index contributed by atoms with van der Waals surface area (Å²) in [5.74, 6) is -0.543. The molecule has 2 heterocycles. The van der Waals surface area contributed by atoms with Gasteiger partial charge >= 0.3 is 5.97 Å². The van der Waals surface area contributed by atoms with E-state index >= 15 is 0 Å². The van der Waals surface area contributed by atoms with Crippen molar-refractivity contribution in [2.24, 2.45) is 0 Å². The van der Waals surface area contributed by atoms with Crippen molar-refractivity contribution in [1.82, 2.24) is 14.6 Å². The Morgan fingerprint density at radius 1 is 1.67 bits per heavy atom. The number of hydrogen-bond acceptors (Lipinski definition) is 4. The summed E-state index contributed by atoms with van der Waals surface area (Å²) >= 11 is 0. The van der Waals surface area contributed by atoms with Gasteiger partial charge in [0.05, 0.1) is 12.8 Å². The van der Waals surface area contributed by atoms with Crippen LogP contribution in [0.2, 0.25) is 0 Å². The molecule has 0 radical (unpaired) electrons. The molecule has 0 atom stereocenters. The van der Waals surface area contributed by atoms with Crippen molar-refractivity contribution >= 4 is 11.6 Å². The molecular weight excluding hydrogens is 198 g/mol. The third-order valence-corrected chi connectivity index (χ3v) is 1.88. The minimum atomic E-state index is -0.543. The first kappa shape index (κ1) is 9.45. The molecule has 2 rings (SSSR count). The van der Waals surface area contributed by atoms with Crippen LogP contribution in [0.15, 0.2) is 23.1 Å². The van der Waals surface area contributed by atoms with Crippen molar-refractivity contribution in [3.05, 3.63) is 34.4 Å². The maximum atomic E-state index is 11.4. The third kappa shape index (κ3) is 1.61. The fourth-order valence-corrected chi connectivity index (χ4v) is 1.25. The summed E-state index contributed by atoms with van der Waals surface area (Å²) in [4.78, 5) is 25.5. The average Bonchev–Trinajstić information content (AvgIpc) is 2.66. The Labute approximate surface area is 84.5 Å². The molecule has 1 N–H and O–H groups in total. The lowest BCUT2D eigenvalue weighted by Crippen LogP contribution is -2.18. The lowest BCUT2D eigenvalue weighted by atomic mass is 10.4. The van der Waals surface area contributed by atoms with Crippen LogP contribution in [-0.4, -0.2) is 27.2 Å². The first-order chi connectivity index (χ1) is 7.22. The van der Waals surface area contributed by atoms with Gasteiger partial charge in [0, 0.05) is 12.1 Å². The summed E-state index contributed by atoms with van der Waals surface area (Å²) in [6, 6.07) is 2.77. The predicted molar refractivity (Wildman–Crippen MR) is 51.8 cm³/mol. The molecule has 0 bridgehead atoms. The first-order valence-corrected chi connectivity index (χ1v) is 4.46. The SMILES string of the molecule is CCOC(=O)c1cc(=O)n2nccc2[nH]1. The number of aromatic nitrogens is 3. The van der Waals surface area contributed by atoms with Crippen molar-refractivity contribution in [1.29, 1.82) is 0 Å². The zero-order valence-electron chi connectivity index (χ0n) is 8.06. The number of carbonyl (C=O) groups excluding carboxylic acids is 1. The highest BCUT2D eigenvalue weighted by Crippen LogP contribution is 1.99. The number of hydrogen-bond donors (Lipinski definition) is 1. The van der Waals surface area contributed by atoms with E-state index in [0.29, 0.717) is 5.65 Å². The van der Waals surface area contributed by atoms with Crippen LogP contribution < -0.4 is 5.56 Å². The number of ether oxygens (including phenoxy) is 1. The van der Waals surface area contributed by atoms with Gasteiger partial charge in [-0.1, -0.05) is 0 Å². The largest absolute Gasteiger partial charge is 0.461 e. The number of H-pyrrole nitrogens is 1. The lowest BCUT2D eigenvalue weighted by Gasteiger charge is -2.01. The molecule has 0 aromatic carbocycles. The van der Waals surface area contributed by atoms with Gasteiger partial charge in [0.1, 0.15) is 11.3 Å². The molecule has 6 nitrogen and oxygen atoms in total. The van der Waals surface area contributed by atoms with Gasteiger partial charge in [0.15, 0.2) is 0 Å². The number of nitrogens with zero attached hydrogens (tertiary/aromatic N) is 2. The van der Waals surface area contributed by atoms with Crippen LogP contribution in [0.5, 0.6) is 0 Å². The van der Waals surface area contributed by atoms with Crippen LogP contribution in [0, 0.1) is 0 Å². The Hall–Kier alpha value is -2.11. The van der Waals surface area contributed by atoms with Crippen LogP contribution in [0.4, 0.5) is 0 Å². The fourth-order valence-electron chi connectivity index (χ4n) is 1.25. The third-order valence-electron chi connectivity index (χ3n) is 1.88. The van der Waals surface area contributed by atoms with E-state index in [1.165, 1.54) is 10.7 Å². The van der Waals surface area contributed by atoms with Crippen LogP contribution in [-0.2, 0) is 4.74 Å². The van der Waals surface area contributed by atoms with Crippen molar-refractivity contribution in [2.75, 3.05) is 6.61 Å². The van der Waals surface area contributed by atoms with Gasteiger partial charge in [0.25, 0.3) is 5.56 Å². The highest BCUT2D eigenvalue weighted by atomic mass is 16.5. The van der Waals surface area contributed by atoms with Gasteiger partial charge in [-0.05, 0) is 6.92 Å². The maximum absolute atomic E-state index is 11.4. The Kier molecular flexibility index (Phi) is 2.24. The summed E-state index contributed by atoms with van der Waals surface area (Å²) in [6.45, 7) is 1.97. The second kappa shape index (κ2) is 3.56. The Balaban J connectivity index is 2.54. The molecular formula is C9H9N3O3. The molecule has 2 aromatic rings. The van der Waals surface area contributed by atoms with Crippen molar-refractivity contribution in [3.63, 3.8) is 0 Å². The first-order valence-electron chi connectivity index (χ1n) is 4.46. The minimum absolute atomic E-state index is 0.134. The monoisotopic (exact) mass is 207 g/mol.